The van der Waals surface area contributed by atoms with Gasteiger partial charge < -0.3 is 4.18 Å². The van der Waals surface area contributed by atoms with E-state index in [9.17, 15) is 4.21 Å². The van der Waals surface area contributed by atoms with Gasteiger partial charge in [-0.3, -0.25) is 0 Å². The van der Waals surface area contributed by atoms with Crippen LogP contribution in [-0.2, 0) is 11.3 Å². The number of nitrogens with zero attached hydrogens (tertiary/aromatic N) is 3. The number of para-hydroxylation sites is 2. The van der Waals surface area contributed by atoms with E-state index in [1.54, 1.807) is 19.2 Å². The molecule has 0 saturated heterocycles. The largest absolute Gasteiger partial charge is 0.385 e. The molecule has 3 aromatic rings. The fourth-order valence-corrected chi connectivity index (χ4v) is 2.94. The third-order valence-corrected chi connectivity index (χ3v) is 4.43. The maximum absolute atomic E-state index is 12.4. The van der Waals surface area contributed by atoms with Crippen molar-refractivity contribution in [1.29, 1.82) is 0 Å². The molecule has 0 saturated carbocycles. The van der Waals surface area contributed by atoms with Crippen LogP contribution in [0.5, 0.6) is 5.75 Å². The van der Waals surface area contributed by atoms with E-state index >= 15 is 0 Å². The van der Waals surface area contributed by atoms with Gasteiger partial charge in [-0.05, 0) is 31.2 Å². The number of hydrogen-bond acceptors (Lipinski definition) is 4. The molecular weight excluding hydrogens is 334 g/mol. The van der Waals surface area contributed by atoms with Crippen LogP contribution in [0.4, 0.5) is 5.82 Å². The van der Waals surface area contributed by atoms with E-state index in [4.69, 9.17) is 15.8 Å². The van der Waals surface area contributed by atoms with Crippen molar-refractivity contribution in [2.24, 2.45) is 0 Å². The van der Waals surface area contributed by atoms with Crippen LogP contribution in [0.3, 0.4) is 0 Å². The normalized spacial score (nSPS) is 12.1. The molecule has 7 heteroatoms. The Bertz CT molecular complexity index is 871. The van der Waals surface area contributed by atoms with E-state index < -0.39 is 11.3 Å². The molecule has 0 radical (unpaired) electrons. The van der Waals surface area contributed by atoms with Crippen molar-refractivity contribution in [3.8, 4) is 5.75 Å². The molecule has 0 spiro atoms. The standard InChI is InChI=1S/C16H14ClN3O2S/c1-11-7-9-12(10-8-11)22-23(21)20(2)16-15(17)18-13-5-3-4-6-14(13)19-16/h3-10H,1-2H3. The zero-order valence-electron chi connectivity index (χ0n) is 12.6. The molecule has 3 rings (SSSR count). The Kier molecular flexibility index (Phi) is 4.45. The van der Waals surface area contributed by atoms with Crippen LogP contribution in [-0.4, -0.2) is 21.2 Å². The van der Waals surface area contributed by atoms with Crippen LogP contribution < -0.4 is 8.49 Å². The Balaban J connectivity index is 1.87. The number of aromatic nitrogens is 2. The number of halogens is 1. The summed E-state index contributed by atoms with van der Waals surface area (Å²) in [4.78, 5) is 8.68. The van der Waals surface area contributed by atoms with Gasteiger partial charge >= 0.3 is 11.3 Å². The van der Waals surface area contributed by atoms with Gasteiger partial charge in [0.25, 0.3) is 0 Å². The lowest BCUT2D eigenvalue weighted by molar-refractivity contribution is 0.560. The highest BCUT2D eigenvalue weighted by Crippen LogP contribution is 2.25. The summed E-state index contributed by atoms with van der Waals surface area (Å²) in [6, 6.07) is 14.6. The zero-order chi connectivity index (χ0) is 16.4. The number of fused-ring (bicyclic) bond motifs is 1. The molecular formula is C16H14ClN3O2S. The summed E-state index contributed by atoms with van der Waals surface area (Å²) in [5, 5.41) is 0.173. The first-order valence-electron chi connectivity index (χ1n) is 6.87. The number of aryl methyl sites for hydroxylation is 1. The van der Waals surface area contributed by atoms with Crippen LogP contribution >= 0.6 is 11.6 Å². The van der Waals surface area contributed by atoms with Gasteiger partial charge in [0.2, 0.25) is 0 Å². The lowest BCUT2D eigenvalue weighted by atomic mass is 10.2. The van der Waals surface area contributed by atoms with Crippen molar-refractivity contribution in [2.45, 2.75) is 6.92 Å². The number of anilines is 1. The molecule has 0 bridgehead atoms. The molecule has 0 amide bonds. The second kappa shape index (κ2) is 6.52. The van der Waals surface area contributed by atoms with Crippen molar-refractivity contribution >= 4 is 39.7 Å². The predicted molar refractivity (Wildman–Crippen MR) is 92.9 cm³/mol. The molecule has 0 aliphatic rings. The van der Waals surface area contributed by atoms with Gasteiger partial charge in [-0.15, -0.1) is 0 Å². The molecule has 1 aromatic heterocycles. The third kappa shape index (κ3) is 3.43. The highest BCUT2D eigenvalue weighted by atomic mass is 35.5. The van der Waals surface area contributed by atoms with E-state index in [2.05, 4.69) is 9.97 Å². The number of rotatable bonds is 4. The highest BCUT2D eigenvalue weighted by Gasteiger charge is 2.18. The SMILES string of the molecule is Cc1ccc(OS(=O)N(C)c2nc3ccccc3nc2Cl)cc1. The van der Waals surface area contributed by atoms with Crippen LogP contribution in [0.25, 0.3) is 11.0 Å². The first-order chi connectivity index (χ1) is 11.0. The monoisotopic (exact) mass is 347 g/mol. The van der Waals surface area contributed by atoms with Crippen molar-refractivity contribution in [2.75, 3.05) is 11.4 Å². The van der Waals surface area contributed by atoms with Crippen molar-refractivity contribution in [3.63, 3.8) is 0 Å². The zero-order valence-corrected chi connectivity index (χ0v) is 14.1. The molecule has 1 heterocycles. The fourth-order valence-electron chi connectivity index (χ4n) is 1.97. The summed E-state index contributed by atoms with van der Waals surface area (Å²) in [5.74, 6) is 0.807. The van der Waals surface area contributed by atoms with Crippen LogP contribution in [0.2, 0.25) is 5.15 Å². The van der Waals surface area contributed by atoms with E-state index in [0.29, 0.717) is 22.6 Å². The summed E-state index contributed by atoms with van der Waals surface area (Å²) in [7, 11) is 1.59. The summed E-state index contributed by atoms with van der Waals surface area (Å²) in [6.45, 7) is 1.97. The second-order valence-electron chi connectivity index (χ2n) is 4.94. The quantitative estimate of drug-likeness (QED) is 0.722. The van der Waals surface area contributed by atoms with Gasteiger partial charge in [0.1, 0.15) is 5.75 Å². The van der Waals surface area contributed by atoms with Crippen molar-refractivity contribution in [3.05, 3.63) is 59.2 Å². The second-order valence-corrected chi connectivity index (χ2v) is 6.44. The van der Waals surface area contributed by atoms with Gasteiger partial charge in [0.15, 0.2) is 11.0 Å². The van der Waals surface area contributed by atoms with Gasteiger partial charge in [-0.2, -0.15) is 4.21 Å². The molecule has 1 atom stereocenters. The van der Waals surface area contributed by atoms with Gasteiger partial charge in [0.05, 0.1) is 11.0 Å². The van der Waals surface area contributed by atoms with Crippen LogP contribution in [0.1, 0.15) is 5.56 Å². The van der Waals surface area contributed by atoms with Crippen molar-refractivity contribution < 1.29 is 8.39 Å². The van der Waals surface area contributed by atoms with Gasteiger partial charge in [-0.1, -0.05) is 41.4 Å². The molecule has 0 aliphatic heterocycles. The van der Waals surface area contributed by atoms with E-state index in [1.807, 2.05) is 43.3 Å². The third-order valence-electron chi connectivity index (χ3n) is 3.22. The van der Waals surface area contributed by atoms with Gasteiger partial charge in [-0.25, -0.2) is 14.3 Å². The Hall–Kier alpha value is -2.18. The molecule has 0 fully saturated rings. The molecule has 1 unspecified atom stereocenters. The molecule has 118 valence electrons. The van der Waals surface area contributed by atoms with Gasteiger partial charge in [0, 0.05) is 7.05 Å². The van der Waals surface area contributed by atoms with Crippen molar-refractivity contribution in [1.82, 2.24) is 9.97 Å². The van der Waals surface area contributed by atoms with Crippen LogP contribution in [0.15, 0.2) is 48.5 Å². The van der Waals surface area contributed by atoms with E-state index in [1.165, 1.54) is 4.31 Å². The predicted octanol–water partition coefficient (Wildman–Crippen LogP) is 3.69. The first kappa shape index (κ1) is 15.7. The molecule has 0 N–H and O–H groups in total. The Morgan fingerprint density at radius 3 is 2.30 bits per heavy atom. The smallest absolute Gasteiger partial charge is 0.319 e. The molecule has 5 nitrogen and oxygen atoms in total. The summed E-state index contributed by atoms with van der Waals surface area (Å²) >= 11 is 4.38. The highest BCUT2D eigenvalue weighted by molar-refractivity contribution is 7.82. The fraction of sp³-hybridized carbons (Fsp3) is 0.125. The Morgan fingerprint density at radius 2 is 1.65 bits per heavy atom. The Morgan fingerprint density at radius 1 is 1.04 bits per heavy atom. The summed E-state index contributed by atoms with van der Waals surface area (Å²) in [5.41, 5.74) is 2.45. The average Bonchev–Trinajstić information content (AvgIpc) is 2.55. The molecule has 0 aliphatic carbocycles. The molecule has 23 heavy (non-hydrogen) atoms. The number of hydrogen-bond donors (Lipinski definition) is 0. The summed E-state index contributed by atoms with van der Waals surface area (Å²) in [6.07, 6.45) is 0. The minimum absolute atomic E-state index is 0.173. The molecule has 2 aromatic carbocycles. The topological polar surface area (TPSA) is 55.3 Å². The van der Waals surface area contributed by atoms with E-state index in [-0.39, 0.29) is 5.15 Å². The van der Waals surface area contributed by atoms with Crippen LogP contribution in [0, 0.1) is 6.92 Å². The maximum Gasteiger partial charge on any atom is 0.319 e. The minimum Gasteiger partial charge on any atom is -0.385 e. The summed E-state index contributed by atoms with van der Waals surface area (Å²) < 4.78 is 19.1. The average molecular weight is 348 g/mol. The van der Waals surface area contributed by atoms with E-state index in [0.717, 1.165) is 5.56 Å². The lowest BCUT2D eigenvalue weighted by Crippen LogP contribution is -2.26. The minimum atomic E-state index is -1.78. The Labute approximate surface area is 141 Å². The maximum atomic E-state index is 12.4. The number of benzene rings is 2. The lowest BCUT2D eigenvalue weighted by Gasteiger charge is -2.17. The first-order valence-corrected chi connectivity index (χ1v) is 8.28.